The number of fused-ring (bicyclic) bond motifs is 5. The molecule has 4 fully saturated rings. The van der Waals surface area contributed by atoms with Gasteiger partial charge in [0, 0.05) is 18.8 Å². The Bertz CT molecular complexity index is 581. The molecular formula is C22H34O2. The van der Waals surface area contributed by atoms with E-state index in [2.05, 4.69) is 20.8 Å². The van der Waals surface area contributed by atoms with Crippen molar-refractivity contribution in [2.24, 2.45) is 39.9 Å². The summed E-state index contributed by atoms with van der Waals surface area (Å²) in [6.07, 6.45) is 10.1. The van der Waals surface area contributed by atoms with E-state index in [1.807, 2.05) is 6.92 Å². The highest BCUT2D eigenvalue weighted by Gasteiger charge is 2.65. The van der Waals surface area contributed by atoms with Crippen LogP contribution in [0.25, 0.3) is 0 Å². The van der Waals surface area contributed by atoms with Crippen LogP contribution in [0.3, 0.4) is 0 Å². The minimum atomic E-state index is 0.227. The Labute approximate surface area is 147 Å². The molecule has 0 saturated heterocycles. The maximum Gasteiger partial charge on any atom is 0.133 e. The highest BCUT2D eigenvalue weighted by Crippen LogP contribution is 2.72. The number of ketones is 2. The molecule has 24 heavy (non-hydrogen) atoms. The molecule has 134 valence electrons. The van der Waals surface area contributed by atoms with Gasteiger partial charge in [0.2, 0.25) is 0 Å². The summed E-state index contributed by atoms with van der Waals surface area (Å²) in [7, 11) is 0. The molecule has 0 bridgehead atoms. The summed E-state index contributed by atoms with van der Waals surface area (Å²) in [6, 6.07) is 0. The van der Waals surface area contributed by atoms with Gasteiger partial charge in [-0.05, 0) is 85.9 Å². The molecule has 4 rings (SSSR count). The normalized spacial score (nSPS) is 53.9. The molecule has 0 radical (unpaired) electrons. The Morgan fingerprint density at radius 1 is 0.875 bits per heavy atom. The second-order valence-electron chi connectivity index (χ2n) is 10.4. The van der Waals surface area contributed by atoms with Crippen molar-refractivity contribution in [1.29, 1.82) is 0 Å². The lowest BCUT2D eigenvalue weighted by molar-refractivity contribution is -0.170. The van der Waals surface area contributed by atoms with Gasteiger partial charge in [-0.2, -0.15) is 0 Å². The van der Waals surface area contributed by atoms with Gasteiger partial charge in [0.05, 0.1) is 0 Å². The van der Waals surface area contributed by atoms with Gasteiger partial charge in [0.25, 0.3) is 0 Å². The molecule has 7 atom stereocenters. The number of hydrogen-bond acceptors (Lipinski definition) is 2. The maximum atomic E-state index is 12.3. The third-order valence-electron chi connectivity index (χ3n) is 9.57. The van der Waals surface area contributed by atoms with E-state index in [0.29, 0.717) is 40.2 Å². The van der Waals surface area contributed by atoms with E-state index in [0.717, 1.165) is 31.6 Å². The Hall–Kier alpha value is -0.660. The first-order valence-corrected chi connectivity index (χ1v) is 10.2. The van der Waals surface area contributed by atoms with E-state index in [-0.39, 0.29) is 5.41 Å². The van der Waals surface area contributed by atoms with Gasteiger partial charge in [-0.3, -0.25) is 9.59 Å². The van der Waals surface area contributed by atoms with E-state index in [4.69, 9.17) is 0 Å². The Balaban J connectivity index is 1.69. The summed E-state index contributed by atoms with van der Waals surface area (Å²) >= 11 is 0. The van der Waals surface area contributed by atoms with Crippen LogP contribution in [-0.4, -0.2) is 11.6 Å². The second kappa shape index (κ2) is 5.17. The summed E-state index contributed by atoms with van der Waals surface area (Å²) in [5.41, 5.74) is 0.962. The fourth-order valence-corrected chi connectivity index (χ4v) is 8.39. The molecule has 4 aliphatic carbocycles. The first kappa shape index (κ1) is 16.8. The van der Waals surface area contributed by atoms with Crippen molar-refractivity contribution in [2.75, 3.05) is 0 Å². The van der Waals surface area contributed by atoms with Crippen LogP contribution < -0.4 is 0 Å². The van der Waals surface area contributed by atoms with Gasteiger partial charge >= 0.3 is 0 Å². The number of Topliss-reactive ketones (excluding diaryl/α,β-unsaturated/α-hetero) is 2. The minimum absolute atomic E-state index is 0.227. The Morgan fingerprint density at radius 2 is 1.54 bits per heavy atom. The predicted molar refractivity (Wildman–Crippen MR) is 95.5 cm³/mol. The minimum Gasteiger partial charge on any atom is -0.300 e. The number of rotatable bonds is 1. The van der Waals surface area contributed by atoms with Crippen molar-refractivity contribution in [3.8, 4) is 0 Å². The molecule has 4 saturated carbocycles. The lowest BCUT2D eigenvalue weighted by Gasteiger charge is -2.65. The van der Waals surface area contributed by atoms with Gasteiger partial charge in [-0.15, -0.1) is 0 Å². The second-order valence-corrected chi connectivity index (χ2v) is 10.4. The lowest BCUT2D eigenvalue weighted by atomic mass is 9.39. The van der Waals surface area contributed by atoms with Gasteiger partial charge in [0.15, 0.2) is 0 Å². The third-order valence-corrected chi connectivity index (χ3v) is 9.57. The number of hydrogen-bond donors (Lipinski definition) is 0. The van der Waals surface area contributed by atoms with Crippen LogP contribution in [0.4, 0.5) is 0 Å². The van der Waals surface area contributed by atoms with Crippen molar-refractivity contribution in [2.45, 2.75) is 85.5 Å². The van der Waals surface area contributed by atoms with Crippen molar-refractivity contribution < 1.29 is 9.59 Å². The Kier molecular flexibility index (Phi) is 3.62. The van der Waals surface area contributed by atoms with Crippen LogP contribution >= 0.6 is 0 Å². The summed E-state index contributed by atoms with van der Waals surface area (Å²) < 4.78 is 0. The van der Waals surface area contributed by atoms with Crippen LogP contribution in [0.5, 0.6) is 0 Å². The van der Waals surface area contributed by atoms with E-state index in [1.54, 1.807) is 0 Å². The molecule has 0 heterocycles. The zero-order valence-corrected chi connectivity index (χ0v) is 16.0. The zero-order chi connectivity index (χ0) is 17.3. The van der Waals surface area contributed by atoms with E-state index >= 15 is 0 Å². The molecule has 0 aromatic rings. The topological polar surface area (TPSA) is 34.1 Å². The fourth-order valence-electron chi connectivity index (χ4n) is 8.39. The van der Waals surface area contributed by atoms with Gasteiger partial charge in [0.1, 0.15) is 11.6 Å². The van der Waals surface area contributed by atoms with Gasteiger partial charge in [-0.25, -0.2) is 0 Å². The van der Waals surface area contributed by atoms with E-state index in [9.17, 15) is 9.59 Å². The standard InChI is InChI=1S/C22H34O2/c1-14(23)17-5-6-18-21(17,3)12-9-19-20(2)11-8-16(24)13-15(20)7-10-22(18,19)4/h15,17-19H,5-13H2,1-4H3/t15-,17-,18+,19+,20-,21+,22-/m0/s1. The summed E-state index contributed by atoms with van der Waals surface area (Å²) in [5.74, 6) is 3.28. The molecule has 0 aliphatic heterocycles. The quantitative estimate of drug-likeness (QED) is 0.662. The highest BCUT2D eigenvalue weighted by molar-refractivity contribution is 5.80. The van der Waals surface area contributed by atoms with Crippen LogP contribution in [0.15, 0.2) is 0 Å². The highest BCUT2D eigenvalue weighted by atomic mass is 16.1. The Morgan fingerprint density at radius 3 is 2.25 bits per heavy atom. The van der Waals surface area contributed by atoms with Crippen molar-refractivity contribution in [3.05, 3.63) is 0 Å². The average molecular weight is 331 g/mol. The first-order chi connectivity index (χ1) is 11.2. The molecule has 0 N–H and O–H groups in total. The third kappa shape index (κ3) is 2.01. The molecule has 0 unspecified atom stereocenters. The predicted octanol–water partition coefficient (Wildman–Crippen LogP) is 5.19. The van der Waals surface area contributed by atoms with E-state index in [1.165, 1.54) is 32.1 Å². The lowest BCUT2D eigenvalue weighted by Crippen LogP contribution is -2.58. The van der Waals surface area contributed by atoms with Crippen LogP contribution in [0.1, 0.15) is 85.5 Å². The summed E-state index contributed by atoms with van der Waals surface area (Å²) in [4.78, 5) is 24.3. The molecule has 2 nitrogen and oxygen atoms in total. The molecule has 2 heteroatoms. The first-order valence-electron chi connectivity index (χ1n) is 10.2. The van der Waals surface area contributed by atoms with Crippen molar-refractivity contribution >= 4 is 11.6 Å². The molecule has 0 aromatic heterocycles. The average Bonchev–Trinajstić information content (AvgIpc) is 2.87. The van der Waals surface area contributed by atoms with Crippen LogP contribution in [-0.2, 0) is 9.59 Å². The molecular weight excluding hydrogens is 296 g/mol. The monoisotopic (exact) mass is 330 g/mol. The molecule has 0 aromatic carbocycles. The zero-order valence-electron chi connectivity index (χ0n) is 16.0. The maximum absolute atomic E-state index is 12.3. The van der Waals surface area contributed by atoms with Gasteiger partial charge < -0.3 is 0 Å². The molecule has 4 aliphatic rings. The number of carbonyl (C=O) groups is 2. The van der Waals surface area contributed by atoms with Crippen molar-refractivity contribution in [3.63, 3.8) is 0 Å². The van der Waals surface area contributed by atoms with Crippen molar-refractivity contribution in [1.82, 2.24) is 0 Å². The number of carbonyl (C=O) groups excluding carboxylic acids is 2. The van der Waals surface area contributed by atoms with Gasteiger partial charge in [-0.1, -0.05) is 20.8 Å². The molecule has 0 amide bonds. The smallest absolute Gasteiger partial charge is 0.133 e. The van der Waals surface area contributed by atoms with E-state index < -0.39 is 0 Å². The fraction of sp³-hybridized carbons (Fsp3) is 0.909. The van der Waals surface area contributed by atoms with Crippen LogP contribution in [0, 0.1) is 39.9 Å². The largest absolute Gasteiger partial charge is 0.300 e. The summed E-state index contributed by atoms with van der Waals surface area (Å²) in [5, 5.41) is 0. The van der Waals surface area contributed by atoms with Crippen LogP contribution in [0.2, 0.25) is 0 Å². The summed E-state index contributed by atoms with van der Waals surface area (Å²) in [6.45, 7) is 9.31. The molecule has 0 spiro atoms. The SMILES string of the molecule is CC(=O)[C@@H]1CC[C@H]2[C@]3(C)CC[C@H]4CC(=O)CC[C@]4(C)[C@H]3CC[C@@]21C.